The van der Waals surface area contributed by atoms with E-state index in [0.717, 1.165) is 6.07 Å². The van der Waals surface area contributed by atoms with Crippen LogP contribution in [0, 0.1) is 5.82 Å². The predicted octanol–water partition coefficient (Wildman–Crippen LogP) is 3.84. The molecule has 0 N–H and O–H groups in total. The van der Waals surface area contributed by atoms with Gasteiger partial charge in [-0.05, 0) is 52.3 Å². The van der Waals surface area contributed by atoms with Gasteiger partial charge in [0.25, 0.3) is 0 Å². The Hall–Kier alpha value is -1.88. The smallest absolute Gasteiger partial charge is 0.194 e. The highest BCUT2D eigenvalue weighted by Gasteiger charge is 2.15. The van der Waals surface area contributed by atoms with Gasteiger partial charge in [0.05, 0.1) is 14.2 Å². The van der Waals surface area contributed by atoms with Gasteiger partial charge in [0.1, 0.15) is 5.75 Å². The number of ketones is 1. The summed E-state index contributed by atoms with van der Waals surface area (Å²) in [6.07, 6.45) is 0. The van der Waals surface area contributed by atoms with E-state index < -0.39 is 5.82 Å². The third kappa shape index (κ3) is 2.82. The molecule has 0 aliphatic carbocycles. The molecular formula is C15H12BrFO3. The van der Waals surface area contributed by atoms with Crippen molar-refractivity contribution in [3.8, 4) is 11.5 Å². The van der Waals surface area contributed by atoms with Gasteiger partial charge in [-0.3, -0.25) is 4.79 Å². The van der Waals surface area contributed by atoms with E-state index in [1.54, 1.807) is 25.3 Å². The van der Waals surface area contributed by atoms with Gasteiger partial charge in [-0.25, -0.2) is 4.39 Å². The van der Waals surface area contributed by atoms with Crippen molar-refractivity contribution in [1.29, 1.82) is 0 Å². The maximum atomic E-state index is 13.6. The van der Waals surface area contributed by atoms with Crippen molar-refractivity contribution in [2.24, 2.45) is 0 Å². The molecular weight excluding hydrogens is 327 g/mol. The Morgan fingerprint density at radius 3 is 2.40 bits per heavy atom. The highest BCUT2D eigenvalue weighted by molar-refractivity contribution is 9.10. The van der Waals surface area contributed by atoms with E-state index >= 15 is 0 Å². The molecule has 2 aromatic carbocycles. The first-order valence-corrected chi connectivity index (χ1v) is 6.58. The summed E-state index contributed by atoms with van der Waals surface area (Å²) in [6, 6.07) is 9.12. The number of carbonyl (C=O) groups is 1. The zero-order chi connectivity index (χ0) is 14.7. The molecule has 0 radical (unpaired) electrons. The molecule has 3 nitrogen and oxygen atoms in total. The van der Waals surface area contributed by atoms with E-state index in [2.05, 4.69) is 15.9 Å². The fraction of sp³-hybridized carbons (Fsp3) is 0.133. The molecule has 0 unspecified atom stereocenters. The van der Waals surface area contributed by atoms with Crippen LogP contribution >= 0.6 is 15.9 Å². The standard InChI is InChI=1S/C15H12BrFO3/c1-19-10-4-5-11(12(16)8-10)15(18)9-3-6-14(20-2)13(17)7-9/h3-8H,1-2H3. The van der Waals surface area contributed by atoms with Crippen LogP contribution in [0.25, 0.3) is 0 Å². The quantitative estimate of drug-likeness (QED) is 0.794. The van der Waals surface area contributed by atoms with Gasteiger partial charge < -0.3 is 9.47 Å². The number of methoxy groups -OCH3 is 2. The Balaban J connectivity index is 2.38. The summed E-state index contributed by atoms with van der Waals surface area (Å²) in [5.41, 5.74) is 0.699. The summed E-state index contributed by atoms with van der Waals surface area (Å²) in [4.78, 5) is 12.3. The minimum absolute atomic E-state index is 0.107. The van der Waals surface area contributed by atoms with Gasteiger partial charge in [-0.15, -0.1) is 0 Å². The maximum absolute atomic E-state index is 13.6. The van der Waals surface area contributed by atoms with Crippen molar-refractivity contribution < 1.29 is 18.7 Å². The highest BCUT2D eigenvalue weighted by atomic mass is 79.9. The third-order valence-electron chi connectivity index (χ3n) is 2.83. The first-order chi connectivity index (χ1) is 9.56. The van der Waals surface area contributed by atoms with Crippen molar-refractivity contribution in [2.45, 2.75) is 0 Å². The van der Waals surface area contributed by atoms with Crippen LogP contribution in [0.2, 0.25) is 0 Å². The normalized spacial score (nSPS) is 10.2. The maximum Gasteiger partial charge on any atom is 0.194 e. The summed E-state index contributed by atoms with van der Waals surface area (Å²) < 4.78 is 24.1. The lowest BCUT2D eigenvalue weighted by Crippen LogP contribution is -2.03. The largest absolute Gasteiger partial charge is 0.497 e. The van der Waals surface area contributed by atoms with Gasteiger partial charge in [0.2, 0.25) is 0 Å². The van der Waals surface area contributed by atoms with Gasteiger partial charge in [-0.2, -0.15) is 0 Å². The van der Waals surface area contributed by atoms with Crippen molar-refractivity contribution in [2.75, 3.05) is 14.2 Å². The fourth-order valence-corrected chi connectivity index (χ4v) is 2.31. The fourth-order valence-electron chi connectivity index (χ4n) is 1.77. The Labute approximate surface area is 124 Å². The molecule has 0 bridgehead atoms. The SMILES string of the molecule is COc1ccc(C(=O)c2ccc(OC)c(F)c2)c(Br)c1. The molecule has 5 heteroatoms. The van der Waals surface area contributed by atoms with E-state index in [9.17, 15) is 9.18 Å². The van der Waals surface area contributed by atoms with Gasteiger partial charge in [0.15, 0.2) is 17.3 Å². The Morgan fingerprint density at radius 1 is 1.10 bits per heavy atom. The summed E-state index contributed by atoms with van der Waals surface area (Å²) >= 11 is 3.31. The Bertz CT molecular complexity index is 656. The molecule has 0 saturated heterocycles. The Kier molecular flexibility index (Phi) is 4.39. The molecule has 0 atom stereocenters. The molecule has 0 aliphatic heterocycles. The lowest BCUT2D eigenvalue weighted by molar-refractivity contribution is 0.103. The topological polar surface area (TPSA) is 35.5 Å². The second kappa shape index (κ2) is 6.05. The zero-order valence-electron chi connectivity index (χ0n) is 10.9. The molecule has 0 amide bonds. The molecule has 0 heterocycles. The summed E-state index contributed by atoms with van der Waals surface area (Å²) in [5.74, 6) is -0.103. The third-order valence-corrected chi connectivity index (χ3v) is 3.49. The molecule has 2 rings (SSSR count). The van der Waals surface area contributed by atoms with Crippen molar-refractivity contribution in [1.82, 2.24) is 0 Å². The van der Waals surface area contributed by atoms with Gasteiger partial charge >= 0.3 is 0 Å². The van der Waals surface area contributed by atoms with Crippen LogP contribution in [-0.2, 0) is 0 Å². The summed E-state index contributed by atoms with van der Waals surface area (Å²) in [6.45, 7) is 0. The van der Waals surface area contributed by atoms with Gasteiger partial charge in [-0.1, -0.05) is 0 Å². The minimum atomic E-state index is -0.567. The molecule has 0 saturated carbocycles. The first-order valence-electron chi connectivity index (χ1n) is 5.78. The number of hydrogen-bond acceptors (Lipinski definition) is 3. The summed E-state index contributed by atoms with van der Waals surface area (Å²) in [7, 11) is 2.92. The number of hydrogen-bond donors (Lipinski definition) is 0. The van der Waals surface area contributed by atoms with E-state index in [4.69, 9.17) is 9.47 Å². The van der Waals surface area contributed by atoms with Crippen molar-refractivity contribution >= 4 is 21.7 Å². The number of rotatable bonds is 4. The molecule has 104 valence electrons. The van der Waals surface area contributed by atoms with Crippen LogP contribution in [0.1, 0.15) is 15.9 Å². The summed E-state index contributed by atoms with van der Waals surface area (Å²) in [5, 5.41) is 0. The average molecular weight is 339 g/mol. The molecule has 0 aliphatic rings. The van der Waals surface area contributed by atoms with E-state index in [1.165, 1.54) is 19.2 Å². The average Bonchev–Trinajstić information content (AvgIpc) is 2.46. The van der Waals surface area contributed by atoms with Crippen LogP contribution in [0.3, 0.4) is 0 Å². The monoisotopic (exact) mass is 338 g/mol. The van der Waals surface area contributed by atoms with Crippen LogP contribution in [0.15, 0.2) is 40.9 Å². The van der Waals surface area contributed by atoms with E-state index in [0.29, 0.717) is 15.8 Å². The lowest BCUT2D eigenvalue weighted by atomic mass is 10.0. The minimum Gasteiger partial charge on any atom is -0.497 e. The second-order valence-corrected chi connectivity index (χ2v) is 4.88. The van der Waals surface area contributed by atoms with Crippen molar-refractivity contribution in [3.63, 3.8) is 0 Å². The van der Waals surface area contributed by atoms with E-state index in [-0.39, 0.29) is 17.1 Å². The number of ether oxygens (including phenoxy) is 2. The number of halogens is 2. The molecule has 2 aromatic rings. The predicted molar refractivity (Wildman–Crippen MR) is 77.1 cm³/mol. The molecule has 0 spiro atoms. The van der Waals surface area contributed by atoms with Gasteiger partial charge in [0, 0.05) is 15.6 Å². The Morgan fingerprint density at radius 2 is 1.85 bits per heavy atom. The van der Waals surface area contributed by atoms with Crippen LogP contribution in [0.5, 0.6) is 11.5 Å². The highest BCUT2D eigenvalue weighted by Crippen LogP contribution is 2.26. The van der Waals surface area contributed by atoms with Crippen LogP contribution < -0.4 is 9.47 Å². The second-order valence-electron chi connectivity index (χ2n) is 4.02. The first kappa shape index (κ1) is 14.5. The van der Waals surface area contributed by atoms with Crippen LogP contribution in [0.4, 0.5) is 4.39 Å². The number of carbonyl (C=O) groups excluding carboxylic acids is 1. The molecule has 20 heavy (non-hydrogen) atoms. The molecule has 0 aromatic heterocycles. The van der Waals surface area contributed by atoms with Crippen LogP contribution in [-0.4, -0.2) is 20.0 Å². The zero-order valence-corrected chi connectivity index (χ0v) is 12.5. The number of benzene rings is 2. The lowest BCUT2D eigenvalue weighted by Gasteiger charge is -2.07. The molecule has 0 fully saturated rings. The van der Waals surface area contributed by atoms with E-state index in [1.807, 2.05) is 0 Å². The van der Waals surface area contributed by atoms with Crippen molar-refractivity contribution in [3.05, 3.63) is 57.8 Å².